The predicted octanol–water partition coefficient (Wildman–Crippen LogP) is 3.68. The molecule has 4 nitrogen and oxygen atoms in total. The van der Waals surface area contributed by atoms with Crippen molar-refractivity contribution < 1.29 is 14.2 Å². The van der Waals surface area contributed by atoms with Gasteiger partial charge in [0, 0.05) is 6.07 Å². The number of para-hydroxylation sites is 1. The average Bonchev–Trinajstić information content (AvgIpc) is 2.52. The predicted molar refractivity (Wildman–Crippen MR) is 80.2 cm³/mol. The number of rotatable bonds is 6. The topological polar surface area (TPSA) is 51.5 Å². The minimum absolute atomic E-state index is 0.316. The molecule has 108 valence electrons. The smallest absolute Gasteiger partial charge is 0.162 e. The van der Waals surface area contributed by atoms with Crippen LogP contribution in [0.1, 0.15) is 5.56 Å². The van der Waals surface area contributed by atoms with Crippen LogP contribution in [0.2, 0.25) is 5.02 Å². The molecule has 0 N–H and O–H groups in total. The van der Waals surface area contributed by atoms with E-state index in [4.69, 9.17) is 31.1 Å². The molecule has 0 radical (unpaired) electrons. The first kappa shape index (κ1) is 15.0. The van der Waals surface area contributed by atoms with Crippen molar-refractivity contribution in [3.8, 4) is 23.3 Å². The zero-order chi connectivity index (χ0) is 15.1. The Kier molecular flexibility index (Phi) is 5.30. The van der Waals surface area contributed by atoms with Gasteiger partial charge in [0.2, 0.25) is 0 Å². The zero-order valence-corrected chi connectivity index (χ0v) is 12.3. The summed E-state index contributed by atoms with van der Waals surface area (Å²) in [6, 6.07) is 14.3. The van der Waals surface area contributed by atoms with E-state index in [1.807, 2.05) is 12.1 Å². The third-order valence-corrected chi connectivity index (χ3v) is 3.04. The number of hydrogen-bond acceptors (Lipinski definition) is 4. The van der Waals surface area contributed by atoms with E-state index in [-0.39, 0.29) is 0 Å². The molecule has 0 fully saturated rings. The van der Waals surface area contributed by atoms with Crippen LogP contribution in [0.5, 0.6) is 17.2 Å². The number of hydrogen-bond donors (Lipinski definition) is 0. The standard InChI is InChI=1S/C16H14ClNO3/c1-19-15-7-6-12(11-18)10-16(15)21-9-8-20-14-5-3-2-4-13(14)17/h2-7,10H,8-9H2,1H3. The van der Waals surface area contributed by atoms with E-state index < -0.39 is 0 Å². The Bertz CT molecular complexity index is 652. The van der Waals surface area contributed by atoms with Gasteiger partial charge in [-0.1, -0.05) is 23.7 Å². The third-order valence-electron chi connectivity index (χ3n) is 2.73. The van der Waals surface area contributed by atoms with Crippen LogP contribution in [0.3, 0.4) is 0 Å². The first-order valence-corrected chi connectivity index (χ1v) is 6.70. The maximum Gasteiger partial charge on any atom is 0.162 e. The van der Waals surface area contributed by atoms with Crippen LogP contribution in [-0.4, -0.2) is 20.3 Å². The van der Waals surface area contributed by atoms with Gasteiger partial charge in [-0.05, 0) is 24.3 Å². The van der Waals surface area contributed by atoms with Crippen LogP contribution in [0.4, 0.5) is 0 Å². The lowest BCUT2D eigenvalue weighted by molar-refractivity contribution is 0.211. The van der Waals surface area contributed by atoms with Crippen molar-refractivity contribution in [2.75, 3.05) is 20.3 Å². The van der Waals surface area contributed by atoms with E-state index in [2.05, 4.69) is 6.07 Å². The highest BCUT2D eigenvalue weighted by Crippen LogP contribution is 2.28. The molecule has 0 aliphatic carbocycles. The van der Waals surface area contributed by atoms with E-state index in [0.29, 0.717) is 41.0 Å². The number of nitriles is 1. The number of halogens is 1. The second-order valence-corrected chi connectivity index (χ2v) is 4.51. The van der Waals surface area contributed by atoms with E-state index in [1.54, 1.807) is 37.4 Å². The van der Waals surface area contributed by atoms with Crippen molar-refractivity contribution in [1.29, 1.82) is 5.26 Å². The number of nitrogens with zero attached hydrogens (tertiary/aromatic N) is 1. The lowest BCUT2D eigenvalue weighted by Crippen LogP contribution is -2.09. The van der Waals surface area contributed by atoms with Crippen LogP contribution in [-0.2, 0) is 0 Å². The van der Waals surface area contributed by atoms with Crippen molar-refractivity contribution in [3.63, 3.8) is 0 Å². The molecule has 2 rings (SSSR count). The normalized spacial score (nSPS) is 9.76. The molecule has 5 heteroatoms. The molecule has 21 heavy (non-hydrogen) atoms. The Labute approximate surface area is 128 Å². The van der Waals surface area contributed by atoms with Crippen LogP contribution < -0.4 is 14.2 Å². The molecular formula is C16H14ClNO3. The molecule has 0 aliphatic heterocycles. The Morgan fingerprint density at radius 2 is 1.71 bits per heavy atom. The summed E-state index contributed by atoms with van der Waals surface area (Å²) in [6.07, 6.45) is 0. The molecule has 0 saturated heterocycles. The number of benzene rings is 2. The van der Waals surface area contributed by atoms with Crippen molar-refractivity contribution in [2.24, 2.45) is 0 Å². The van der Waals surface area contributed by atoms with Crippen LogP contribution in [0.25, 0.3) is 0 Å². The van der Waals surface area contributed by atoms with Crippen molar-refractivity contribution in [1.82, 2.24) is 0 Å². The van der Waals surface area contributed by atoms with E-state index in [9.17, 15) is 0 Å². The Morgan fingerprint density at radius 1 is 1.00 bits per heavy atom. The Balaban J connectivity index is 1.92. The number of methoxy groups -OCH3 is 1. The fourth-order valence-electron chi connectivity index (χ4n) is 1.72. The Hall–Kier alpha value is -2.38. The second-order valence-electron chi connectivity index (χ2n) is 4.10. The highest BCUT2D eigenvalue weighted by Gasteiger charge is 2.06. The van der Waals surface area contributed by atoms with E-state index in [0.717, 1.165) is 0 Å². The minimum Gasteiger partial charge on any atom is -0.493 e. The maximum atomic E-state index is 8.89. The molecule has 0 unspecified atom stereocenters. The van der Waals surface area contributed by atoms with Crippen molar-refractivity contribution >= 4 is 11.6 Å². The molecule has 0 heterocycles. The molecule has 0 bridgehead atoms. The van der Waals surface area contributed by atoms with Gasteiger partial charge in [0.1, 0.15) is 19.0 Å². The summed E-state index contributed by atoms with van der Waals surface area (Å²) >= 11 is 5.99. The zero-order valence-electron chi connectivity index (χ0n) is 11.5. The third kappa shape index (κ3) is 4.04. The molecule has 0 amide bonds. The van der Waals surface area contributed by atoms with Gasteiger partial charge in [-0.2, -0.15) is 5.26 Å². The summed E-state index contributed by atoms with van der Waals surface area (Å²) in [5.41, 5.74) is 0.512. The molecule has 0 aromatic heterocycles. The molecule has 2 aromatic carbocycles. The lowest BCUT2D eigenvalue weighted by Gasteiger charge is -2.12. The summed E-state index contributed by atoms with van der Waals surface area (Å²) in [5, 5.41) is 9.45. The van der Waals surface area contributed by atoms with Gasteiger partial charge >= 0.3 is 0 Å². The summed E-state index contributed by atoms with van der Waals surface area (Å²) in [6.45, 7) is 0.653. The summed E-state index contributed by atoms with van der Waals surface area (Å²) in [5.74, 6) is 1.70. The minimum atomic E-state index is 0.316. The molecule has 0 saturated carbocycles. The fourth-order valence-corrected chi connectivity index (χ4v) is 1.91. The van der Waals surface area contributed by atoms with Gasteiger partial charge in [-0.15, -0.1) is 0 Å². The number of ether oxygens (including phenoxy) is 3. The van der Waals surface area contributed by atoms with Crippen molar-refractivity contribution in [3.05, 3.63) is 53.1 Å². The van der Waals surface area contributed by atoms with Crippen molar-refractivity contribution in [2.45, 2.75) is 0 Å². The molecule has 0 aliphatic rings. The first-order chi connectivity index (χ1) is 10.2. The highest BCUT2D eigenvalue weighted by atomic mass is 35.5. The SMILES string of the molecule is COc1ccc(C#N)cc1OCCOc1ccccc1Cl. The largest absolute Gasteiger partial charge is 0.493 e. The molecular weight excluding hydrogens is 290 g/mol. The van der Waals surface area contributed by atoms with Gasteiger partial charge in [-0.3, -0.25) is 0 Å². The maximum absolute atomic E-state index is 8.89. The van der Waals surface area contributed by atoms with Crippen LogP contribution >= 0.6 is 11.6 Å². The highest BCUT2D eigenvalue weighted by molar-refractivity contribution is 6.32. The van der Waals surface area contributed by atoms with Crippen LogP contribution in [0.15, 0.2) is 42.5 Å². The fraction of sp³-hybridized carbons (Fsp3) is 0.188. The van der Waals surface area contributed by atoms with Gasteiger partial charge in [-0.25, -0.2) is 0 Å². The molecule has 0 spiro atoms. The van der Waals surface area contributed by atoms with E-state index >= 15 is 0 Å². The van der Waals surface area contributed by atoms with Gasteiger partial charge in [0.25, 0.3) is 0 Å². The molecule has 2 aromatic rings. The first-order valence-electron chi connectivity index (χ1n) is 6.33. The summed E-state index contributed by atoms with van der Waals surface area (Å²) < 4.78 is 16.3. The van der Waals surface area contributed by atoms with Gasteiger partial charge < -0.3 is 14.2 Å². The molecule has 0 atom stereocenters. The Morgan fingerprint density at radius 3 is 2.38 bits per heavy atom. The summed E-state index contributed by atoms with van der Waals surface area (Å²) in [4.78, 5) is 0. The lowest BCUT2D eigenvalue weighted by atomic mass is 10.2. The second kappa shape index (κ2) is 7.41. The van der Waals surface area contributed by atoms with Crippen LogP contribution in [0, 0.1) is 11.3 Å². The monoisotopic (exact) mass is 303 g/mol. The van der Waals surface area contributed by atoms with E-state index in [1.165, 1.54) is 0 Å². The quantitative estimate of drug-likeness (QED) is 0.764. The summed E-state index contributed by atoms with van der Waals surface area (Å²) in [7, 11) is 1.55. The van der Waals surface area contributed by atoms with Gasteiger partial charge in [0.05, 0.1) is 23.8 Å². The average molecular weight is 304 g/mol. The van der Waals surface area contributed by atoms with Gasteiger partial charge in [0.15, 0.2) is 11.5 Å².